The van der Waals surface area contributed by atoms with Crippen LogP contribution in [0.25, 0.3) is 10.9 Å². The average Bonchev–Trinajstić information content (AvgIpc) is 3.00. The zero-order valence-electron chi connectivity index (χ0n) is 12.0. The van der Waals surface area contributed by atoms with Crippen molar-refractivity contribution in [2.75, 3.05) is 12.4 Å². The summed E-state index contributed by atoms with van der Waals surface area (Å²) in [5.41, 5.74) is 1.64. The number of benzene rings is 1. The monoisotopic (exact) mass is 302 g/mol. The third kappa shape index (κ3) is 2.88. The minimum Gasteiger partial charge on any atom is -0.336 e. The van der Waals surface area contributed by atoms with Crippen molar-refractivity contribution >= 4 is 28.4 Å². The van der Waals surface area contributed by atoms with Gasteiger partial charge in [0.25, 0.3) is 5.91 Å². The van der Waals surface area contributed by atoms with Gasteiger partial charge in [0.15, 0.2) is 0 Å². The fraction of sp³-hybridized carbons (Fsp3) is 0.412. The SMILES string of the molecule is O=C(c1cccc2ncccc12)N1CCCC1CCCCl. The fourth-order valence-corrected chi connectivity index (χ4v) is 3.31. The number of rotatable bonds is 4. The van der Waals surface area contributed by atoms with E-state index in [1.165, 1.54) is 0 Å². The molecule has 1 aliphatic rings. The van der Waals surface area contributed by atoms with Crippen LogP contribution in [0.15, 0.2) is 36.5 Å². The molecule has 21 heavy (non-hydrogen) atoms. The maximum atomic E-state index is 12.9. The molecule has 1 aromatic carbocycles. The summed E-state index contributed by atoms with van der Waals surface area (Å²) in [6.45, 7) is 0.850. The Balaban J connectivity index is 1.89. The number of hydrogen-bond donors (Lipinski definition) is 0. The molecule has 0 N–H and O–H groups in total. The summed E-state index contributed by atoms with van der Waals surface area (Å²) >= 11 is 5.79. The molecule has 0 radical (unpaired) electrons. The predicted octanol–water partition coefficient (Wildman–Crippen LogP) is 3.86. The Morgan fingerprint density at radius 2 is 2.24 bits per heavy atom. The molecular formula is C17H19ClN2O. The van der Waals surface area contributed by atoms with Crippen molar-refractivity contribution in [3.05, 3.63) is 42.1 Å². The Labute approximate surface area is 129 Å². The van der Waals surface area contributed by atoms with Gasteiger partial charge in [0, 0.05) is 35.6 Å². The Hall–Kier alpha value is -1.61. The zero-order chi connectivity index (χ0) is 14.7. The van der Waals surface area contributed by atoms with Gasteiger partial charge in [-0.3, -0.25) is 9.78 Å². The highest BCUT2D eigenvalue weighted by molar-refractivity contribution is 6.17. The molecule has 1 amide bonds. The quantitative estimate of drug-likeness (QED) is 0.804. The topological polar surface area (TPSA) is 33.2 Å². The van der Waals surface area contributed by atoms with E-state index < -0.39 is 0 Å². The smallest absolute Gasteiger partial charge is 0.254 e. The third-order valence-electron chi connectivity index (χ3n) is 4.19. The molecule has 1 unspecified atom stereocenters. The van der Waals surface area contributed by atoms with Crippen LogP contribution < -0.4 is 0 Å². The van der Waals surface area contributed by atoms with E-state index in [0.717, 1.165) is 48.7 Å². The number of likely N-dealkylation sites (tertiary alicyclic amines) is 1. The number of alkyl halides is 1. The molecule has 1 aromatic heterocycles. The molecule has 110 valence electrons. The first-order chi connectivity index (χ1) is 10.3. The lowest BCUT2D eigenvalue weighted by molar-refractivity contribution is 0.0732. The molecule has 4 heteroatoms. The van der Waals surface area contributed by atoms with Crippen LogP contribution in [-0.2, 0) is 0 Å². The second-order valence-corrected chi connectivity index (χ2v) is 5.88. The lowest BCUT2D eigenvalue weighted by Gasteiger charge is -2.25. The van der Waals surface area contributed by atoms with Crippen molar-refractivity contribution < 1.29 is 4.79 Å². The van der Waals surface area contributed by atoms with E-state index in [1.54, 1.807) is 6.20 Å². The van der Waals surface area contributed by atoms with E-state index in [2.05, 4.69) is 4.98 Å². The first-order valence-corrected chi connectivity index (χ1v) is 8.05. The number of amides is 1. The lowest BCUT2D eigenvalue weighted by Crippen LogP contribution is -2.35. The maximum absolute atomic E-state index is 12.9. The van der Waals surface area contributed by atoms with Crippen molar-refractivity contribution in [2.24, 2.45) is 0 Å². The van der Waals surface area contributed by atoms with Crippen LogP contribution in [0.2, 0.25) is 0 Å². The largest absolute Gasteiger partial charge is 0.336 e. The summed E-state index contributed by atoms with van der Waals surface area (Å²) < 4.78 is 0. The van der Waals surface area contributed by atoms with Crippen LogP contribution in [0.3, 0.4) is 0 Å². The van der Waals surface area contributed by atoms with Crippen LogP contribution in [-0.4, -0.2) is 34.3 Å². The highest BCUT2D eigenvalue weighted by atomic mass is 35.5. The molecule has 0 spiro atoms. The minimum absolute atomic E-state index is 0.130. The van der Waals surface area contributed by atoms with Crippen LogP contribution in [0.1, 0.15) is 36.0 Å². The number of carbonyl (C=O) groups is 1. The highest BCUT2D eigenvalue weighted by Crippen LogP contribution is 2.26. The number of halogens is 1. The normalized spacial score (nSPS) is 18.3. The summed E-state index contributed by atoms with van der Waals surface area (Å²) in [6, 6.07) is 9.95. The second kappa shape index (κ2) is 6.44. The molecule has 1 saturated heterocycles. The number of hydrogen-bond acceptors (Lipinski definition) is 2. The first kappa shape index (κ1) is 14.3. The second-order valence-electron chi connectivity index (χ2n) is 5.50. The number of nitrogens with zero attached hydrogens (tertiary/aromatic N) is 2. The molecule has 3 rings (SSSR count). The van der Waals surface area contributed by atoms with E-state index in [-0.39, 0.29) is 5.91 Å². The van der Waals surface area contributed by atoms with E-state index in [1.807, 2.05) is 35.2 Å². The Bertz CT molecular complexity index is 638. The molecule has 2 heterocycles. The van der Waals surface area contributed by atoms with Gasteiger partial charge in [-0.15, -0.1) is 11.6 Å². The molecule has 1 aliphatic heterocycles. The van der Waals surface area contributed by atoms with E-state index >= 15 is 0 Å². The van der Waals surface area contributed by atoms with Crippen LogP contribution in [0, 0.1) is 0 Å². The Morgan fingerprint density at radius 1 is 1.33 bits per heavy atom. The van der Waals surface area contributed by atoms with Crippen molar-refractivity contribution in [2.45, 2.75) is 31.7 Å². The average molecular weight is 303 g/mol. The van der Waals surface area contributed by atoms with Crippen molar-refractivity contribution in [3.63, 3.8) is 0 Å². The summed E-state index contributed by atoms with van der Waals surface area (Å²) in [4.78, 5) is 19.3. The van der Waals surface area contributed by atoms with Gasteiger partial charge in [-0.25, -0.2) is 0 Å². The molecule has 0 bridgehead atoms. The Morgan fingerprint density at radius 3 is 3.10 bits per heavy atom. The van der Waals surface area contributed by atoms with Crippen molar-refractivity contribution in [3.8, 4) is 0 Å². The zero-order valence-corrected chi connectivity index (χ0v) is 12.7. The standard InChI is InChI=1S/C17H19ClN2O/c18-10-2-5-13-6-4-12-20(13)17(21)15-7-1-9-16-14(15)8-3-11-19-16/h1,3,7-9,11,13H,2,4-6,10,12H2. The molecular weight excluding hydrogens is 284 g/mol. The van der Waals surface area contributed by atoms with Gasteiger partial charge in [0.1, 0.15) is 0 Å². The van der Waals surface area contributed by atoms with Crippen LogP contribution in [0.5, 0.6) is 0 Å². The molecule has 3 nitrogen and oxygen atoms in total. The van der Waals surface area contributed by atoms with E-state index in [0.29, 0.717) is 11.9 Å². The van der Waals surface area contributed by atoms with Gasteiger partial charge in [-0.05, 0) is 43.9 Å². The summed E-state index contributed by atoms with van der Waals surface area (Å²) in [6.07, 6.45) is 5.90. The molecule has 1 fully saturated rings. The molecule has 2 aromatic rings. The highest BCUT2D eigenvalue weighted by Gasteiger charge is 2.29. The first-order valence-electron chi connectivity index (χ1n) is 7.52. The summed E-state index contributed by atoms with van der Waals surface area (Å²) in [5, 5.41) is 0.938. The number of pyridine rings is 1. The molecule has 0 aliphatic carbocycles. The summed E-state index contributed by atoms with van der Waals surface area (Å²) in [5.74, 6) is 0.794. The van der Waals surface area contributed by atoms with Gasteiger partial charge < -0.3 is 4.90 Å². The van der Waals surface area contributed by atoms with Gasteiger partial charge in [-0.1, -0.05) is 12.1 Å². The fourth-order valence-electron chi connectivity index (χ4n) is 3.16. The minimum atomic E-state index is 0.130. The van der Waals surface area contributed by atoms with Gasteiger partial charge >= 0.3 is 0 Å². The summed E-state index contributed by atoms with van der Waals surface area (Å²) in [7, 11) is 0. The van der Waals surface area contributed by atoms with E-state index in [4.69, 9.17) is 11.6 Å². The number of aromatic nitrogens is 1. The third-order valence-corrected chi connectivity index (χ3v) is 4.45. The van der Waals surface area contributed by atoms with Gasteiger partial charge in [0.2, 0.25) is 0 Å². The predicted molar refractivity (Wildman–Crippen MR) is 85.8 cm³/mol. The van der Waals surface area contributed by atoms with Gasteiger partial charge in [-0.2, -0.15) is 0 Å². The van der Waals surface area contributed by atoms with Crippen LogP contribution in [0.4, 0.5) is 0 Å². The Kier molecular flexibility index (Phi) is 4.39. The number of carbonyl (C=O) groups excluding carboxylic acids is 1. The van der Waals surface area contributed by atoms with Crippen LogP contribution >= 0.6 is 11.6 Å². The molecule has 1 atom stereocenters. The van der Waals surface area contributed by atoms with Crippen molar-refractivity contribution in [1.82, 2.24) is 9.88 Å². The molecule has 0 saturated carbocycles. The lowest BCUT2D eigenvalue weighted by atomic mass is 10.1. The van der Waals surface area contributed by atoms with Crippen molar-refractivity contribution in [1.29, 1.82) is 0 Å². The number of fused-ring (bicyclic) bond motifs is 1. The maximum Gasteiger partial charge on any atom is 0.254 e. The van der Waals surface area contributed by atoms with E-state index in [9.17, 15) is 4.79 Å². The van der Waals surface area contributed by atoms with Gasteiger partial charge in [0.05, 0.1) is 5.52 Å².